The van der Waals surface area contributed by atoms with Crippen LogP contribution in [0.2, 0.25) is 0 Å². The summed E-state index contributed by atoms with van der Waals surface area (Å²) in [6.45, 7) is 4.43. The fourth-order valence-electron chi connectivity index (χ4n) is 4.86. The Hall–Kier alpha value is -0.900. The summed E-state index contributed by atoms with van der Waals surface area (Å²) in [5.41, 5.74) is 17.0. The molecule has 0 aromatic heterocycles. The Balaban J connectivity index is 1.71. The van der Waals surface area contributed by atoms with E-state index >= 15 is 0 Å². The van der Waals surface area contributed by atoms with Gasteiger partial charge in [0.15, 0.2) is 6.29 Å². The summed E-state index contributed by atoms with van der Waals surface area (Å²) < 4.78 is 23.6. The molecule has 0 spiro atoms. The molecule has 0 amide bonds. The monoisotopic (exact) mass is 475 g/mol. The second-order valence-electron chi connectivity index (χ2n) is 9.31. The van der Waals surface area contributed by atoms with Gasteiger partial charge in [0.25, 0.3) is 0 Å². The number of hydrogen-bond donors (Lipinski definition) is 8. The lowest BCUT2D eigenvalue weighted by Gasteiger charge is -2.48. The van der Waals surface area contributed by atoms with Gasteiger partial charge in [-0.15, -0.1) is 0 Å². The Morgan fingerprint density at radius 1 is 1.15 bits per heavy atom. The Kier molecular flexibility index (Phi) is 9.08. The number of aliphatic hydroxyl groups excluding tert-OH is 2. The zero-order valence-electron chi connectivity index (χ0n) is 19.6. The maximum absolute atomic E-state index is 11.2. The molecule has 3 rings (SSSR count). The molecular weight excluding hydrogens is 434 g/mol. The lowest BCUT2D eigenvalue weighted by Crippen LogP contribution is -2.68. The topological polar surface area (TPSA) is 200 Å². The molecule has 33 heavy (non-hydrogen) atoms. The Labute approximate surface area is 194 Å². The van der Waals surface area contributed by atoms with Crippen LogP contribution in [-0.4, -0.2) is 109 Å². The number of likely N-dealkylation sites (N-methyl/N-ethyl adjacent to an activating group) is 2. The molecule has 192 valence electrons. The van der Waals surface area contributed by atoms with Crippen molar-refractivity contribution in [3.05, 3.63) is 11.8 Å². The summed E-state index contributed by atoms with van der Waals surface area (Å²) >= 11 is 0. The Bertz CT molecular complexity index is 669. The van der Waals surface area contributed by atoms with E-state index in [9.17, 15) is 15.3 Å². The van der Waals surface area contributed by atoms with Crippen LogP contribution in [0.25, 0.3) is 0 Å². The van der Waals surface area contributed by atoms with Crippen molar-refractivity contribution in [2.24, 2.45) is 17.2 Å². The first kappa shape index (κ1) is 26.7. The van der Waals surface area contributed by atoms with Crippen molar-refractivity contribution in [1.29, 1.82) is 0 Å². The van der Waals surface area contributed by atoms with E-state index in [1.807, 2.05) is 13.0 Å². The standard InChI is InChI=1S/C21H41N5O7/c1-4-26-13-6-5-10(8-22)31-19(13)32-16-11(23)7-12(24)17(14(16)27)33-20-15(28)18(25-3)21(2,29)9-30-20/h5,11-20,25-29H,4,6-9,22-24H2,1-3H3/t11-,12+,13+,14-,15+,16+,17-,18+,19+,20+,21-/m0/s1. The smallest absolute Gasteiger partial charge is 0.215 e. The molecule has 12 nitrogen and oxygen atoms in total. The van der Waals surface area contributed by atoms with Crippen LogP contribution in [0.3, 0.4) is 0 Å². The normalized spacial score (nSPS) is 46.5. The highest BCUT2D eigenvalue weighted by molar-refractivity contribution is 5.05. The van der Waals surface area contributed by atoms with E-state index in [1.54, 1.807) is 14.0 Å². The molecule has 2 fully saturated rings. The molecule has 0 radical (unpaired) electrons. The lowest BCUT2D eigenvalue weighted by atomic mass is 9.84. The fourth-order valence-corrected chi connectivity index (χ4v) is 4.86. The number of ether oxygens (including phenoxy) is 4. The fraction of sp³-hybridized carbons (Fsp3) is 0.905. The van der Waals surface area contributed by atoms with Crippen molar-refractivity contribution in [2.45, 2.75) is 93.5 Å². The van der Waals surface area contributed by atoms with Crippen molar-refractivity contribution in [1.82, 2.24) is 10.6 Å². The third-order valence-corrected chi connectivity index (χ3v) is 6.65. The van der Waals surface area contributed by atoms with E-state index in [1.165, 1.54) is 0 Å². The van der Waals surface area contributed by atoms with Crippen LogP contribution in [-0.2, 0) is 18.9 Å². The summed E-state index contributed by atoms with van der Waals surface area (Å²) in [5.74, 6) is 0.612. The third-order valence-electron chi connectivity index (χ3n) is 6.65. The van der Waals surface area contributed by atoms with E-state index in [2.05, 4.69) is 10.6 Å². The molecule has 1 aliphatic carbocycles. The van der Waals surface area contributed by atoms with Crippen LogP contribution in [0.5, 0.6) is 0 Å². The third kappa shape index (κ3) is 5.85. The van der Waals surface area contributed by atoms with Crippen LogP contribution < -0.4 is 27.8 Å². The molecule has 11 N–H and O–H groups in total. The highest BCUT2D eigenvalue weighted by Crippen LogP contribution is 2.31. The summed E-state index contributed by atoms with van der Waals surface area (Å²) in [4.78, 5) is 0. The number of aliphatic hydroxyl groups is 3. The molecule has 1 saturated heterocycles. The van der Waals surface area contributed by atoms with Gasteiger partial charge in [0.05, 0.1) is 25.2 Å². The van der Waals surface area contributed by atoms with Crippen LogP contribution in [0.1, 0.15) is 26.7 Å². The van der Waals surface area contributed by atoms with Gasteiger partial charge < -0.3 is 62.1 Å². The van der Waals surface area contributed by atoms with Crippen LogP contribution >= 0.6 is 0 Å². The number of nitrogens with two attached hydrogens (primary N) is 3. The summed E-state index contributed by atoms with van der Waals surface area (Å²) in [6, 6.07) is -2.00. The predicted octanol–water partition coefficient (Wildman–Crippen LogP) is -3.20. The molecule has 11 atom stereocenters. The summed E-state index contributed by atoms with van der Waals surface area (Å²) in [6.07, 6.45) is -3.04. The number of hydrogen-bond acceptors (Lipinski definition) is 12. The molecule has 2 aliphatic heterocycles. The molecule has 0 unspecified atom stereocenters. The van der Waals surface area contributed by atoms with Gasteiger partial charge in [-0.3, -0.25) is 0 Å². The maximum Gasteiger partial charge on any atom is 0.215 e. The van der Waals surface area contributed by atoms with E-state index in [0.717, 1.165) is 0 Å². The van der Waals surface area contributed by atoms with E-state index < -0.39 is 60.7 Å². The number of rotatable bonds is 8. The number of nitrogens with one attached hydrogen (secondary N) is 2. The molecule has 0 aromatic carbocycles. The highest BCUT2D eigenvalue weighted by Gasteiger charge is 2.50. The lowest BCUT2D eigenvalue weighted by molar-refractivity contribution is -0.303. The van der Waals surface area contributed by atoms with Crippen LogP contribution in [0.4, 0.5) is 0 Å². The molecule has 0 aromatic rings. The molecular formula is C21H41N5O7. The predicted molar refractivity (Wildman–Crippen MR) is 120 cm³/mol. The molecule has 2 heterocycles. The average Bonchev–Trinajstić information content (AvgIpc) is 2.76. The zero-order valence-corrected chi connectivity index (χ0v) is 19.6. The second kappa shape index (κ2) is 11.2. The Morgan fingerprint density at radius 3 is 2.36 bits per heavy atom. The summed E-state index contributed by atoms with van der Waals surface area (Å²) in [5, 5.41) is 38.5. The molecule has 0 bridgehead atoms. The van der Waals surface area contributed by atoms with Crippen LogP contribution in [0.15, 0.2) is 11.8 Å². The van der Waals surface area contributed by atoms with Crippen molar-refractivity contribution in [3.8, 4) is 0 Å². The van der Waals surface area contributed by atoms with Crippen molar-refractivity contribution in [3.63, 3.8) is 0 Å². The minimum Gasteiger partial charge on any atom is -0.467 e. The summed E-state index contributed by atoms with van der Waals surface area (Å²) in [7, 11) is 1.63. The molecule has 1 saturated carbocycles. The Morgan fingerprint density at radius 2 is 1.79 bits per heavy atom. The largest absolute Gasteiger partial charge is 0.467 e. The minimum absolute atomic E-state index is 0.0633. The quantitative estimate of drug-likeness (QED) is 0.175. The van der Waals surface area contributed by atoms with E-state index in [-0.39, 0.29) is 19.2 Å². The van der Waals surface area contributed by atoms with Crippen molar-refractivity contribution >= 4 is 0 Å². The van der Waals surface area contributed by atoms with Gasteiger partial charge in [0.1, 0.15) is 35.8 Å². The van der Waals surface area contributed by atoms with Gasteiger partial charge in [0.2, 0.25) is 6.29 Å². The first-order valence-corrected chi connectivity index (χ1v) is 11.6. The highest BCUT2D eigenvalue weighted by atomic mass is 16.7. The first-order valence-electron chi connectivity index (χ1n) is 11.6. The first-order chi connectivity index (χ1) is 15.6. The van der Waals surface area contributed by atoms with Gasteiger partial charge in [0, 0.05) is 12.1 Å². The van der Waals surface area contributed by atoms with Crippen molar-refractivity contribution in [2.75, 3.05) is 26.7 Å². The average molecular weight is 476 g/mol. The molecule has 3 aliphatic rings. The van der Waals surface area contributed by atoms with Crippen molar-refractivity contribution < 1.29 is 34.3 Å². The SMILES string of the molecule is CCN[C@@H]1CC=C(CN)O[C@@H]1O[C@H]1[C@H](O)[C@@H](O[C@H]2OC[C@](C)(O)[C@H](NC)[C@H]2O)[C@H](N)C[C@@H]1N. The van der Waals surface area contributed by atoms with Gasteiger partial charge in [-0.2, -0.15) is 0 Å². The minimum atomic E-state index is -1.29. The van der Waals surface area contributed by atoms with E-state index in [4.69, 9.17) is 36.1 Å². The van der Waals surface area contributed by atoms with Gasteiger partial charge in [-0.25, -0.2) is 0 Å². The van der Waals surface area contributed by atoms with Gasteiger partial charge in [-0.1, -0.05) is 6.92 Å². The molecule has 12 heteroatoms. The van der Waals surface area contributed by atoms with Crippen LogP contribution in [0, 0.1) is 0 Å². The zero-order chi connectivity index (χ0) is 24.3. The second-order valence-corrected chi connectivity index (χ2v) is 9.31. The maximum atomic E-state index is 11.2. The van der Waals surface area contributed by atoms with E-state index in [0.29, 0.717) is 25.1 Å². The van der Waals surface area contributed by atoms with Gasteiger partial charge in [-0.05, 0) is 39.4 Å². The van der Waals surface area contributed by atoms with Gasteiger partial charge >= 0.3 is 0 Å².